The number of carbonyl (C=O) groups excluding carboxylic acids is 2. The monoisotopic (exact) mass is 306 g/mol. The fraction of sp³-hybridized carbons (Fsp3) is 0.667. The molecule has 2 aliphatic heterocycles. The number of amides is 2. The summed E-state index contributed by atoms with van der Waals surface area (Å²) in [7, 11) is 1.52. The van der Waals surface area contributed by atoms with Gasteiger partial charge >= 0.3 is 0 Å². The number of methoxy groups -OCH3 is 1. The van der Waals surface area contributed by atoms with Gasteiger partial charge in [0.05, 0.1) is 6.54 Å². The van der Waals surface area contributed by atoms with Gasteiger partial charge in [0.1, 0.15) is 12.4 Å². The number of hydrogen-bond acceptors (Lipinski definition) is 4. The Bertz CT molecular complexity index is 557. The SMILES string of the molecule is COCC(=O)N1Cc2nccn2CC(CN2CCCC2=O)C1. The van der Waals surface area contributed by atoms with E-state index in [0.717, 1.165) is 25.3 Å². The Balaban J connectivity index is 1.74. The van der Waals surface area contributed by atoms with Crippen molar-refractivity contribution in [3.05, 3.63) is 18.2 Å². The van der Waals surface area contributed by atoms with E-state index in [0.29, 0.717) is 26.1 Å². The zero-order chi connectivity index (χ0) is 15.5. The Kier molecular flexibility index (Phi) is 4.42. The lowest BCUT2D eigenvalue weighted by Crippen LogP contribution is -2.40. The minimum absolute atomic E-state index is 0.0308. The first kappa shape index (κ1) is 15.0. The molecule has 0 saturated carbocycles. The summed E-state index contributed by atoms with van der Waals surface area (Å²) in [6.07, 6.45) is 5.29. The van der Waals surface area contributed by atoms with Gasteiger partial charge in [0.15, 0.2) is 0 Å². The van der Waals surface area contributed by atoms with Crippen LogP contribution in [0.15, 0.2) is 12.4 Å². The molecule has 1 aromatic heterocycles. The lowest BCUT2D eigenvalue weighted by Gasteiger charge is -2.27. The fourth-order valence-corrected chi connectivity index (χ4v) is 3.27. The third-order valence-electron chi connectivity index (χ3n) is 4.34. The van der Waals surface area contributed by atoms with E-state index >= 15 is 0 Å². The van der Waals surface area contributed by atoms with Crippen molar-refractivity contribution in [2.45, 2.75) is 25.9 Å². The molecule has 22 heavy (non-hydrogen) atoms. The molecule has 1 fully saturated rings. The summed E-state index contributed by atoms with van der Waals surface area (Å²) < 4.78 is 7.06. The maximum atomic E-state index is 12.2. The quantitative estimate of drug-likeness (QED) is 0.792. The van der Waals surface area contributed by atoms with Crippen molar-refractivity contribution in [1.82, 2.24) is 19.4 Å². The highest BCUT2D eigenvalue weighted by Crippen LogP contribution is 2.19. The summed E-state index contributed by atoms with van der Waals surface area (Å²) in [5.74, 6) is 1.31. The first-order valence-corrected chi connectivity index (χ1v) is 7.72. The van der Waals surface area contributed by atoms with E-state index < -0.39 is 0 Å². The highest BCUT2D eigenvalue weighted by Gasteiger charge is 2.29. The third kappa shape index (κ3) is 3.14. The molecule has 1 unspecified atom stereocenters. The average molecular weight is 306 g/mol. The van der Waals surface area contributed by atoms with Crippen LogP contribution in [0.3, 0.4) is 0 Å². The lowest BCUT2D eigenvalue weighted by atomic mass is 10.1. The number of carbonyl (C=O) groups is 2. The number of likely N-dealkylation sites (tertiary alicyclic amines) is 1. The molecule has 2 aliphatic rings. The predicted molar refractivity (Wildman–Crippen MR) is 78.8 cm³/mol. The van der Waals surface area contributed by atoms with Gasteiger partial charge in [0, 0.05) is 58.0 Å². The van der Waals surface area contributed by atoms with Crippen LogP contribution in [0.1, 0.15) is 18.7 Å². The highest BCUT2D eigenvalue weighted by molar-refractivity contribution is 5.78. The number of aromatic nitrogens is 2. The van der Waals surface area contributed by atoms with Gasteiger partial charge in [0.25, 0.3) is 0 Å². The van der Waals surface area contributed by atoms with Crippen LogP contribution >= 0.6 is 0 Å². The molecular weight excluding hydrogens is 284 g/mol. The Morgan fingerprint density at radius 1 is 1.45 bits per heavy atom. The summed E-state index contributed by atoms with van der Waals surface area (Å²) in [5, 5.41) is 0. The maximum Gasteiger partial charge on any atom is 0.248 e. The zero-order valence-electron chi connectivity index (χ0n) is 12.9. The normalized spacial score (nSPS) is 21.9. The van der Waals surface area contributed by atoms with Crippen LogP contribution < -0.4 is 0 Å². The molecule has 120 valence electrons. The van der Waals surface area contributed by atoms with Crippen LogP contribution in [0, 0.1) is 5.92 Å². The number of ether oxygens (including phenoxy) is 1. The molecule has 1 atom stereocenters. The number of imidazole rings is 1. The molecule has 1 aromatic rings. The second-order valence-corrected chi connectivity index (χ2v) is 6.01. The van der Waals surface area contributed by atoms with E-state index in [2.05, 4.69) is 9.55 Å². The van der Waals surface area contributed by atoms with Crippen LogP contribution in [-0.4, -0.2) is 64.5 Å². The topological polar surface area (TPSA) is 67.7 Å². The molecule has 3 rings (SSSR count). The fourth-order valence-electron chi connectivity index (χ4n) is 3.27. The van der Waals surface area contributed by atoms with Gasteiger partial charge < -0.3 is 19.1 Å². The number of rotatable bonds is 4. The van der Waals surface area contributed by atoms with E-state index in [1.165, 1.54) is 7.11 Å². The zero-order valence-corrected chi connectivity index (χ0v) is 12.9. The first-order valence-electron chi connectivity index (χ1n) is 7.72. The van der Waals surface area contributed by atoms with Gasteiger partial charge in [-0.1, -0.05) is 0 Å². The van der Waals surface area contributed by atoms with E-state index in [9.17, 15) is 9.59 Å². The molecule has 3 heterocycles. The molecule has 1 saturated heterocycles. The van der Waals surface area contributed by atoms with E-state index in [-0.39, 0.29) is 24.3 Å². The molecule has 0 radical (unpaired) electrons. The van der Waals surface area contributed by atoms with Crippen molar-refractivity contribution < 1.29 is 14.3 Å². The van der Waals surface area contributed by atoms with Gasteiger partial charge in [-0.15, -0.1) is 0 Å². The van der Waals surface area contributed by atoms with Gasteiger partial charge in [-0.3, -0.25) is 9.59 Å². The number of hydrogen-bond donors (Lipinski definition) is 0. The van der Waals surface area contributed by atoms with Crippen LogP contribution in [0.2, 0.25) is 0 Å². The van der Waals surface area contributed by atoms with Gasteiger partial charge in [0.2, 0.25) is 11.8 Å². The minimum atomic E-state index is -0.0308. The average Bonchev–Trinajstić information content (AvgIpc) is 3.04. The van der Waals surface area contributed by atoms with Crippen molar-refractivity contribution >= 4 is 11.8 Å². The standard InChI is InChI=1S/C15H22N4O3/c1-22-11-15(21)19-9-12(8-18-5-2-3-14(18)20)7-17-6-4-16-13(17)10-19/h4,6,12H,2-3,5,7-11H2,1H3. The first-order chi connectivity index (χ1) is 10.7. The Hall–Kier alpha value is -1.89. The summed E-state index contributed by atoms with van der Waals surface area (Å²) in [4.78, 5) is 32.1. The minimum Gasteiger partial charge on any atom is -0.375 e. The second kappa shape index (κ2) is 6.48. The van der Waals surface area contributed by atoms with Gasteiger partial charge in [-0.25, -0.2) is 4.98 Å². The number of fused-ring (bicyclic) bond motifs is 1. The van der Waals surface area contributed by atoms with Crippen molar-refractivity contribution in [1.29, 1.82) is 0 Å². The van der Waals surface area contributed by atoms with Crippen molar-refractivity contribution in [3.63, 3.8) is 0 Å². The van der Waals surface area contributed by atoms with E-state index in [1.807, 2.05) is 11.1 Å². The predicted octanol–water partition coefficient (Wildman–Crippen LogP) is 0.110. The van der Waals surface area contributed by atoms with Crippen molar-refractivity contribution in [2.24, 2.45) is 5.92 Å². The molecule has 0 spiro atoms. The molecule has 0 aromatic carbocycles. The smallest absolute Gasteiger partial charge is 0.248 e. The summed E-state index contributed by atoms with van der Waals surface area (Å²) in [6.45, 7) is 3.53. The third-order valence-corrected chi connectivity index (χ3v) is 4.34. The summed E-state index contributed by atoms with van der Waals surface area (Å²) in [5.41, 5.74) is 0. The number of nitrogens with zero attached hydrogens (tertiary/aromatic N) is 4. The Labute approximate surface area is 129 Å². The summed E-state index contributed by atoms with van der Waals surface area (Å²) in [6, 6.07) is 0. The highest BCUT2D eigenvalue weighted by atomic mass is 16.5. The van der Waals surface area contributed by atoms with Crippen LogP contribution in [-0.2, 0) is 27.4 Å². The van der Waals surface area contributed by atoms with Crippen molar-refractivity contribution in [2.75, 3.05) is 33.4 Å². The van der Waals surface area contributed by atoms with Gasteiger partial charge in [-0.2, -0.15) is 0 Å². The lowest BCUT2D eigenvalue weighted by molar-refractivity contribution is -0.136. The van der Waals surface area contributed by atoms with Crippen molar-refractivity contribution in [3.8, 4) is 0 Å². The molecule has 0 N–H and O–H groups in total. The molecule has 7 nitrogen and oxygen atoms in total. The van der Waals surface area contributed by atoms with Crippen LogP contribution in [0.25, 0.3) is 0 Å². The van der Waals surface area contributed by atoms with Gasteiger partial charge in [-0.05, 0) is 6.42 Å². The van der Waals surface area contributed by atoms with Crippen LogP contribution in [0.5, 0.6) is 0 Å². The molecular formula is C15H22N4O3. The molecule has 7 heteroatoms. The largest absolute Gasteiger partial charge is 0.375 e. The van der Waals surface area contributed by atoms with E-state index in [1.54, 1.807) is 11.1 Å². The maximum absolute atomic E-state index is 12.2. The Morgan fingerprint density at radius 2 is 2.32 bits per heavy atom. The molecule has 0 aliphatic carbocycles. The molecule has 2 amide bonds. The summed E-state index contributed by atoms with van der Waals surface area (Å²) >= 11 is 0. The van der Waals surface area contributed by atoms with E-state index in [4.69, 9.17) is 4.74 Å². The van der Waals surface area contributed by atoms with Crippen LogP contribution in [0.4, 0.5) is 0 Å². The Morgan fingerprint density at radius 3 is 3.05 bits per heavy atom. The molecule has 0 bridgehead atoms. The second-order valence-electron chi connectivity index (χ2n) is 6.01.